The molecule has 0 fully saturated rings. The molecule has 5 nitrogen and oxygen atoms in total. The van der Waals surface area contributed by atoms with Crippen molar-refractivity contribution in [3.05, 3.63) is 28.6 Å². The van der Waals surface area contributed by atoms with Crippen molar-refractivity contribution in [1.82, 2.24) is 10.1 Å². The Bertz CT molecular complexity index is 605. The van der Waals surface area contributed by atoms with E-state index in [0.29, 0.717) is 11.7 Å². The Labute approximate surface area is 126 Å². The van der Waals surface area contributed by atoms with Crippen LogP contribution in [0, 0.1) is 5.41 Å². The summed E-state index contributed by atoms with van der Waals surface area (Å²) >= 11 is 3.44. The Morgan fingerprint density at radius 3 is 2.60 bits per heavy atom. The quantitative estimate of drug-likeness (QED) is 0.925. The molecule has 1 aromatic heterocycles. The molecule has 0 spiro atoms. The van der Waals surface area contributed by atoms with Gasteiger partial charge in [0.05, 0.1) is 17.6 Å². The van der Waals surface area contributed by atoms with Gasteiger partial charge in [-0.25, -0.2) is 0 Å². The van der Waals surface area contributed by atoms with Gasteiger partial charge in [-0.1, -0.05) is 25.9 Å². The number of hydrogen-bond donors (Lipinski definition) is 1. The number of nitrogens with zero attached hydrogens (tertiary/aromatic N) is 2. The van der Waals surface area contributed by atoms with Crippen molar-refractivity contribution in [2.24, 2.45) is 11.1 Å². The molecule has 1 atom stereocenters. The average Bonchev–Trinajstić information content (AvgIpc) is 2.86. The molecule has 0 aliphatic carbocycles. The molecule has 0 aliphatic heterocycles. The molecule has 1 aromatic carbocycles. The van der Waals surface area contributed by atoms with Crippen LogP contribution in [-0.2, 0) is 0 Å². The summed E-state index contributed by atoms with van der Waals surface area (Å²) in [5.74, 6) is 1.71. The van der Waals surface area contributed by atoms with E-state index < -0.39 is 0 Å². The maximum Gasteiger partial charge on any atom is 0.244 e. The second-order valence-electron chi connectivity index (χ2n) is 5.65. The number of ether oxygens (including phenoxy) is 1. The van der Waals surface area contributed by atoms with Crippen LogP contribution in [0.1, 0.15) is 32.7 Å². The second-order valence-corrected chi connectivity index (χ2v) is 6.50. The van der Waals surface area contributed by atoms with Crippen molar-refractivity contribution in [2.45, 2.75) is 26.8 Å². The highest BCUT2D eigenvalue weighted by atomic mass is 79.9. The first-order valence-corrected chi connectivity index (χ1v) is 7.05. The highest BCUT2D eigenvalue weighted by Gasteiger charge is 2.27. The molecule has 0 saturated heterocycles. The van der Waals surface area contributed by atoms with Gasteiger partial charge in [-0.2, -0.15) is 4.98 Å². The lowest BCUT2D eigenvalue weighted by atomic mass is 9.87. The van der Waals surface area contributed by atoms with Crippen LogP contribution >= 0.6 is 15.9 Å². The normalized spacial score (nSPS) is 13.3. The van der Waals surface area contributed by atoms with E-state index in [9.17, 15) is 0 Å². The van der Waals surface area contributed by atoms with E-state index in [-0.39, 0.29) is 11.5 Å². The van der Waals surface area contributed by atoms with Crippen molar-refractivity contribution >= 4 is 15.9 Å². The Kier molecular flexibility index (Phi) is 4.15. The van der Waals surface area contributed by atoms with Crippen LogP contribution in [0.3, 0.4) is 0 Å². The summed E-state index contributed by atoms with van der Waals surface area (Å²) in [6, 6.07) is 5.31. The second kappa shape index (κ2) is 5.54. The molecule has 1 heterocycles. The molecule has 6 heteroatoms. The average molecular weight is 340 g/mol. The molecule has 108 valence electrons. The molecule has 0 saturated carbocycles. The van der Waals surface area contributed by atoms with Crippen molar-refractivity contribution < 1.29 is 9.26 Å². The van der Waals surface area contributed by atoms with Crippen LogP contribution in [0.25, 0.3) is 11.4 Å². The molecule has 0 radical (unpaired) electrons. The van der Waals surface area contributed by atoms with E-state index in [2.05, 4.69) is 26.1 Å². The number of halogens is 1. The van der Waals surface area contributed by atoms with E-state index in [1.807, 2.05) is 39.0 Å². The topological polar surface area (TPSA) is 74.2 Å². The first-order valence-electron chi connectivity index (χ1n) is 6.26. The minimum atomic E-state index is -0.301. The van der Waals surface area contributed by atoms with E-state index in [1.165, 1.54) is 0 Å². The van der Waals surface area contributed by atoms with Gasteiger partial charge in [0.25, 0.3) is 0 Å². The van der Waals surface area contributed by atoms with Crippen LogP contribution in [0.5, 0.6) is 5.75 Å². The van der Waals surface area contributed by atoms with Gasteiger partial charge in [0.15, 0.2) is 0 Å². The lowest BCUT2D eigenvalue weighted by Crippen LogP contribution is -2.26. The number of methoxy groups -OCH3 is 1. The lowest BCUT2D eigenvalue weighted by molar-refractivity contribution is 0.253. The first-order chi connectivity index (χ1) is 9.32. The first kappa shape index (κ1) is 15.0. The summed E-state index contributed by atoms with van der Waals surface area (Å²) in [6.07, 6.45) is 0. The highest BCUT2D eigenvalue weighted by Crippen LogP contribution is 2.32. The van der Waals surface area contributed by atoms with Gasteiger partial charge in [-0.05, 0) is 39.5 Å². The molecule has 0 aliphatic rings. The van der Waals surface area contributed by atoms with Crippen molar-refractivity contribution in [3.63, 3.8) is 0 Å². The van der Waals surface area contributed by atoms with Crippen molar-refractivity contribution in [1.29, 1.82) is 0 Å². The predicted octanol–water partition coefficient (Wildman–Crippen LogP) is 3.55. The number of hydrogen-bond acceptors (Lipinski definition) is 5. The van der Waals surface area contributed by atoms with Gasteiger partial charge in [0, 0.05) is 5.56 Å². The molecule has 0 bridgehead atoms. The fraction of sp³-hybridized carbons (Fsp3) is 0.429. The van der Waals surface area contributed by atoms with Gasteiger partial charge in [-0.3, -0.25) is 0 Å². The summed E-state index contributed by atoms with van der Waals surface area (Å²) in [7, 11) is 1.62. The van der Waals surface area contributed by atoms with Gasteiger partial charge >= 0.3 is 0 Å². The zero-order chi connectivity index (χ0) is 14.9. The molecule has 2 rings (SSSR count). The Morgan fingerprint density at radius 1 is 1.35 bits per heavy atom. The van der Waals surface area contributed by atoms with Gasteiger partial charge < -0.3 is 15.0 Å². The number of aromatic nitrogens is 2. The monoisotopic (exact) mass is 339 g/mol. The van der Waals surface area contributed by atoms with Crippen LogP contribution in [0.4, 0.5) is 0 Å². The third-order valence-corrected chi connectivity index (χ3v) is 3.67. The maximum atomic E-state index is 6.11. The summed E-state index contributed by atoms with van der Waals surface area (Å²) in [5.41, 5.74) is 6.82. The lowest BCUT2D eigenvalue weighted by Gasteiger charge is -2.23. The summed E-state index contributed by atoms with van der Waals surface area (Å²) in [5, 5.41) is 3.99. The maximum absolute atomic E-state index is 6.11. The fourth-order valence-corrected chi connectivity index (χ4v) is 2.20. The minimum Gasteiger partial charge on any atom is -0.496 e. The van der Waals surface area contributed by atoms with Crippen LogP contribution in [0.2, 0.25) is 0 Å². The summed E-state index contributed by atoms with van der Waals surface area (Å²) in [6.45, 7) is 6.10. The van der Waals surface area contributed by atoms with Crippen molar-refractivity contribution in [2.75, 3.05) is 7.11 Å². The van der Waals surface area contributed by atoms with E-state index in [0.717, 1.165) is 15.8 Å². The number of rotatable bonds is 3. The zero-order valence-corrected chi connectivity index (χ0v) is 13.6. The molecular formula is C14H18BrN3O2. The molecule has 1 unspecified atom stereocenters. The molecule has 2 N–H and O–H groups in total. The predicted molar refractivity (Wildman–Crippen MR) is 80.4 cm³/mol. The summed E-state index contributed by atoms with van der Waals surface area (Å²) in [4.78, 5) is 4.38. The zero-order valence-electron chi connectivity index (χ0n) is 12.0. The van der Waals surface area contributed by atoms with Gasteiger partial charge in [0.1, 0.15) is 5.75 Å². The molecule has 20 heavy (non-hydrogen) atoms. The fourth-order valence-electron chi connectivity index (χ4n) is 1.65. The van der Waals surface area contributed by atoms with Crippen LogP contribution in [-0.4, -0.2) is 17.3 Å². The Hall–Kier alpha value is -1.40. The third-order valence-electron chi connectivity index (χ3n) is 3.05. The molecular weight excluding hydrogens is 322 g/mol. The van der Waals surface area contributed by atoms with Gasteiger partial charge in [-0.15, -0.1) is 0 Å². The van der Waals surface area contributed by atoms with Gasteiger partial charge in [0.2, 0.25) is 11.7 Å². The minimum absolute atomic E-state index is 0.135. The molecule has 2 aromatic rings. The Morgan fingerprint density at radius 2 is 2.05 bits per heavy atom. The van der Waals surface area contributed by atoms with Crippen LogP contribution < -0.4 is 10.5 Å². The SMILES string of the molecule is COc1ccc(-c2noc(C(N)C(C)(C)C)n2)cc1Br. The van der Waals surface area contributed by atoms with Crippen LogP contribution in [0.15, 0.2) is 27.2 Å². The van der Waals surface area contributed by atoms with E-state index in [1.54, 1.807) is 7.11 Å². The smallest absolute Gasteiger partial charge is 0.244 e. The number of benzene rings is 1. The Balaban J connectivity index is 2.31. The largest absolute Gasteiger partial charge is 0.496 e. The van der Waals surface area contributed by atoms with E-state index >= 15 is 0 Å². The highest BCUT2D eigenvalue weighted by molar-refractivity contribution is 9.10. The standard InChI is InChI=1S/C14H18BrN3O2/c1-14(2,3)11(16)13-17-12(18-20-13)8-5-6-10(19-4)9(15)7-8/h5-7,11H,16H2,1-4H3. The third kappa shape index (κ3) is 3.02. The number of nitrogens with two attached hydrogens (primary N) is 1. The summed E-state index contributed by atoms with van der Waals surface area (Å²) < 4.78 is 11.3. The van der Waals surface area contributed by atoms with Crippen molar-refractivity contribution in [3.8, 4) is 17.1 Å². The molecule has 0 amide bonds. The van der Waals surface area contributed by atoms with E-state index in [4.69, 9.17) is 15.0 Å².